The van der Waals surface area contributed by atoms with Gasteiger partial charge in [-0.25, -0.2) is 0 Å². The zero-order chi connectivity index (χ0) is 33.0. The quantitative estimate of drug-likeness (QED) is 0.180. The molecule has 3 aliphatic rings. The number of nitrogens with two attached hydrogens (primary N) is 1. The van der Waals surface area contributed by atoms with Gasteiger partial charge < -0.3 is 41.1 Å². The molecule has 2 aromatic carbocycles. The third-order valence-electron chi connectivity index (χ3n) is 9.11. The number of hydrogen-bond acceptors (Lipinski definition) is 11. The summed E-state index contributed by atoms with van der Waals surface area (Å²) >= 11 is 0. The number of aliphatic hydroxyl groups excluding tert-OH is 2. The number of ether oxygens (including phenoxy) is 1. The molecule has 5 rings (SSSR count). The molecule has 7 N–H and O–H groups in total. The van der Waals surface area contributed by atoms with Crippen LogP contribution in [0, 0.1) is 17.8 Å². The molecule has 0 spiro atoms. The van der Waals surface area contributed by atoms with E-state index in [1.165, 1.54) is 11.0 Å². The normalized spacial score (nSPS) is 27.4. The van der Waals surface area contributed by atoms with Gasteiger partial charge in [0.05, 0.1) is 18.3 Å². The first-order valence-corrected chi connectivity index (χ1v) is 14.5. The van der Waals surface area contributed by atoms with Crippen LogP contribution in [0.2, 0.25) is 0 Å². The molecule has 2 saturated carbocycles. The van der Waals surface area contributed by atoms with Crippen LogP contribution in [0.3, 0.4) is 0 Å². The number of carbonyl (C=O) groups excluding carboxylic acids is 5. The van der Waals surface area contributed by atoms with Crippen molar-refractivity contribution in [3.05, 3.63) is 58.7 Å². The van der Waals surface area contributed by atoms with Gasteiger partial charge in [-0.1, -0.05) is 18.2 Å². The highest BCUT2D eigenvalue weighted by Gasteiger charge is 2.67. The molecule has 3 aliphatic carbocycles. The molecule has 0 radical (unpaired) electrons. The van der Waals surface area contributed by atoms with Crippen LogP contribution in [0.15, 0.2) is 42.0 Å². The summed E-state index contributed by atoms with van der Waals surface area (Å²) in [5.74, 6) is -9.33. The Labute approximate surface area is 258 Å². The summed E-state index contributed by atoms with van der Waals surface area (Å²) < 4.78 is 4.84. The summed E-state index contributed by atoms with van der Waals surface area (Å²) in [4.78, 5) is 65.7. The van der Waals surface area contributed by atoms with Crippen molar-refractivity contribution < 1.29 is 49.1 Å². The zero-order valence-corrected chi connectivity index (χ0v) is 24.9. The smallest absolute Gasteiger partial charge is 0.325 e. The number of hydrogen-bond donors (Lipinski definition) is 6. The number of esters is 1. The lowest BCUT2D eigenvalue weighted by Gasteiger charge is -2.53. The van der Waals surface area contributed by atoms with Crippen molar-refractivity contribution in [3.63, 3.8) is 0 Å². The van der Waals surface area contributed by atoms with Crippen LogP contribution in [-0.2, 0) is 30.3 Å². The minimum atomic E-state index is -2.75. The summed E-state index contributed by atoms with van der Waals surface area (Å²) in [6.07, 6.45) is -1.51. The van der Waals surface area contributed by atoms with E-state index in [2.05, 4.69) is 5.32 Å². The molecule has 6 atom stereocenters. The van der Waals surface area contributed by atoms with Gasteiger partial charge in [0.15, 0.2) is 11.4 Å². The first-order valence-electron chi connectivity index (χ1n) is 14.5. The van der Waals surface area contributed by atoms with E-state index in [4.69, 9.17) is 10.5 Å². The number of aliphatic hydroxyl groups is 3. The Morgan fingerprint density at radius 1 is 1.13 bits per heavy atom. The number of phenols is 1. The van der Waals surface area contributed by atoms with Crippen molar-refractivity contribution in [2.24, 2.45) is 23.5 Å². The molecular formula is C32H35N3O10. The van der Waals surface area contributed by atoms with E-state index in [-0.39, 0.29) is 48.4 Å². The van der Waals surface area contributed by atoms with Gasteiger partial charge in [-0.2, -0.15) is 0 Å². The molecule has 0 aromatic heterocycles. The number of likely N-dealkylation sites (N-methyl/N-ethyl adjacent to an activating group) is 1. The topological polar surface area (TPSA) is 217 Å². The first kappa shape index (κ1) is 31.8. The monoisotopic (exact) mass is 621 g/mol. The van der Waals surface area contributed by atoms with E-state index >= 15 is 0 Å². The molecule has 238 valence electrons. The number of carbonyl (C=O) groups is 5. The standard InChI is InChI=1S/C32H35N3O10/c1-4-45-21(37)13-34-31(43)15-7-5-6-14(10-15)17-8-9-20(36)23-18(17)11-16-12-19-25(35(2)3)27(39)24(30(33)42)29(41)32(19,44)28(40)22(16)26(23)38/h5-10,16,19,24-25,27,36,38-39,44H,4,11-13H2,1-3H3,(H2,33,42)(H,34,43)/t16-,19-,24?,25-,27?,32-/m1/s1. The van der Waals surface area contributed by atoms with Gasteiger partial charge in [0, 0.05) is 23.1 Å². The van der Waals surface area contributed by atoms with Crippen molar-refractivity contribution in [1.82, 2.24) is 10.2 Å². The van der Waals surface area contributed by atoms with Crippen molar-refractivity contribution in [1.29, 1.82) is 0 Å². The van der Waals surface area contributed by atoms with Crippen LogP contribution in [-0.4, -0.2) is 99.7 Å². The highest BCUT2D eigenvalue weighted by atomic mass is 16.5. The maximum Gasteiger partial charge on any atom is 0.325 e. The number of nitrogens with zero attached hydrogens (tertiary/aromatic N) is 1. The largest absolute Gasteiger partial charge is 0.507 e. The maximum absolute atomic E-state index is 14.0. The van der Waals surface area contributed by atoms with Gasteiger partial charge in [0.25, 0.3) is 5.91 Å². The molecule has 0 aliphatic heterocycles. The number of benzene rings is 2. The van der Waals surface area contributed by atoms with Crippen molar-refractivity contribution in [2.45, 2.75) is 37.5 Å². The Balaban J connectivity index is 1.58. The van der Waals surface area contributed by atoms with Crippen LogP contribution in [0.4, 0.5) is 0 Å². The number of ketones is 2. The molecule has 45 heavy (non-hydrogen) atoms. The van der Waals surface area contributed by atoms with Crippen LogP contribution < -0.4 is 11.1 Å². The highest BCUT2D eigenvalue weighted by Crippen LogP contribution is 2.53. The highest BCUT2D eigenvalue weighted by molar-refractivity contribution is 6.25. The maximum atomic E-state index is 14.0. The van der Waals surface area contributed by atoms with E-state index < -0.39 is 70.6 Å². The molecule has 0 saturated heterocycles. The van der Waals surface area contributed by atoms with E-state index in [1.807, 2.05) is 0 Å². The lowest BCUT2D eigenvalue weighted by Crippen LogP contribution is -2.73. The number of primary amides is 1. The number of amides is 2. The Bertz CT molecular complexity index is 1650. The second kappa shape index (κ2) is 11.7. The van der Waals surface area contributed by atoms with E-state index in [0.717, 1.165) is 0 Å². The van der Waals surface area contributed by atoms with Crippen LogP contribution >= 0.6 is 0 Å². The minimum Gasteiger partial charge on any atom is -0.507 e. The lowest BCUT2D eigenvalue weighted by molar-refractivity contribution is -0.184. The van der Waals surface area contributed by atoms with Gasteiger partial charge in [-0.05, 0) is 74.7 Å². The Kier molecular flexibility index (Phi) is 8.29. The zero-order valence-electron chi connectivity index (χ0n) is 24.9. The molecule has 2 fully saturated rings. The molecule has 2 amide bonds. The SMILES string of the molecule is CCOC(=O)CNC(=O)c1cccc(-c2ccc(O)c3c2C[C@@H]2C[C@@H]4[C@@H](N(C)C)C(O)C(C(N)=O)C(=O)[C@]4(O)C(=O)C2=C3O)c1. The van der Waals surface area contributed by atoms with Crippen LogP contribution in [0.5, 0.6) is 5.75 Å². The molecule has 0 bridgehead atoms. The van der Waals surface area contributed by atoms with Crippen molar-refractivity contribution in [3.8, 4) is 16.9 Å². The summed E-state index contributed by atoms with van der Waals surface area (Å²) in [6, 6.07) is 8.41. The van der Waals surface area contributed by atoms with E-state index in [1.54, 1.807) is 51.4 Å². The second-order valence-corrected chi connectivity index (χ2v) is 11.8. The molecule has 13 nitrogen and oxygen atoms in total. The molecule has 2 unspecified atom stereocenters. The number of fused-ring (bicyclic) bond motifs is 3. The van der Waals surface area contributed by atoms with Gasteiger partial charge in [-0.15, -0.1) is 0 Å². The summed E-state index contributed by atoms with van der Waals surface area (Å²) in [6.45, 7) is 1.51. The number of rotatable bonds is 7. The lowest BCUT2D eigenvalue weighted by atomic mass is 9.54. The minimum absolute atomic E-state index is 0.0242. The van der Waals surface area contributed by atoms with Crippen LogP contribution in [0.25, 0.3) is 16.9 Å². The van der Waals surface area contributed by atoms with Crippen molar-refractivity contribution >= 4 is 35.1 Å². The molecular weight excluding hydrogens is 586 g/mol. The van der Waals surface area contributed by atoms with E-state index in [0.29, 0.717) is 16.7 Å². The number of aromatic hydroxyl groups is 1. The Morgan fingerprint density at radius 3 is 2.49 bits per heavy atom. The predicted molar refractivity (Wildman–Crippen MR) is 158 cm³/mol. The summed E-state index contributed by atoms with van der Waals surface area (Å²) in [5.41, 5.74) is 4.14. The average Bonchev–Trinajstić information content (AvgIpc) is 2.97. The third kappa shape index (κ3) is 5.06. The summed E-state index contributed by atoms with van der Waals surface area (Å²) in [5, 5.41) is 47.7. The predicted octanol–water partition coefficient (Wildman–Crippen LogP) is 0.0889. The average molecular weight is 622 g/mol. The number of Topliss-reactive ketones (excluding diaryl/α,β-unsaturated/α-hetero) is 2. The van der Waals surface area contributed by atoms with Gasteiger partial charge in [0.2, 0.25) is 11.7 Å². The van der Waals surface area contributed by atoms with Gasteiger partial charge in [0.1, 0.15) is 24.0 Å². The summed E-state index contributed by atoms with van der Waals surface area (Å²) in [7, 11) is 3.16. The Morgan fingerprint density at radius 2 is 1.84 bits per heavy atom. The second-order valence-electron chi connectivity index (χ2n) is 11.8. The fourth-order valence-electron chi connectivity index (χ4n) is 7.17. The van der Waals surface area contributed by atoms with Gasteiger partial charge >= 0.3 is 5.97 Å². The number of phenolic OH excluding ortho intramolecular Hbond substituents is 1. The fourth-order valence-corrected chi connectivity index (χ4v) is 7.17. The van der Waals surface area contributed by atoms with E-state index in [9.17, 15) is 44.4 Å². The number of nitrogens with one attached hydrogen (secondary N) is 1. The third-order valence-corrected chi connectivity index (χ3v) is 9.11. The van der Waals surface area contributed by atoms with Crippen LogP contribution in [0.1, 0.15) is 34.8 Å². The molecule has 13 heteroatoms. The fraction of sp³-hybridized carbons (Fsp3) is 0.406. The molecule has 2 aromatic rings. The first-order chi connectivity index (χ1) is 21.2. The Hall–Kier alpha value is -4.59. The van der Waals surface area contributed by atoms with Gasteiger partial charge in [-0.3, -0.25) is 24.0 Å². The van der Waals surface area contributed by atoms with Crippen molar-refractivity contribution in [2.75, 3.05) is 27.2 Å². The molecule has 0 heterocycles.